The smallest absolute Gasteiger partial charge is 0.239 e. The van der Waals surface area contributed by atoms with Gasteiger partial charge in [-0.05, 0) is 25.7 Å². The molecule has 1 aliphatic heterocycles. The molecule has 0 saturated carbocycles. The van der Waals surface area contributed by atoms with Gasteiger partial charge >= 0.3 is 0 Å². The van der Waals surface area contributed by atoms with Gasteiger partial charge in [0.05, 0.1) is 12.1 Å². The third kappa shape index (κ3) is 4.58. The lowest BCUT2D eigenvalue weighted by Crippen LogP contribution is -2.43. The van der Waals surface area contributed by atoms with Crippen LogP contribution >= 0.6 is 0 Å². The van der Waals surface area contributed by atoms with E-state index in [0.717, 1.165) is 32.5 Å². The number of hydrogen-bond acceptors (Lipinski definition) is 3. The summed E-state index contributed by atoms with van der Waals surface area (Å²) >= 11 is 0. The SMILES string of the molecule is CC(C)CCO[C@H]1CCN([C@@H](C)C(=O)N(C)C)C1. The molecule has 0 aliphatic carbocycles. The Balaban J connectivity index is 2.30. The van der Waals surface area contributed by atoms with Crippen molar-refractivity contribution in [3.8, 4) is 0 Å². The van der Waals surface area contributed by atoms with Crippen molar-refractivity contribution in [1.82, 2.24) is 9.80 Å². The van der Waals surface area contributed by atoms with Gasteiger partial charge in [0.2, 0.25) is 5.91 Å². The highest BCUT2D eigenvalue weighted by Crippen LogP contribution is 2.17. The Morgan fingerprint density at radius 3 is 2.61 bits per heavy atom. The number of hydrogen-bond donors (Lipinski definition) is 0. The van der Waals surface area contributed by atoms with Crippen molar-refractivity contribution in [1.29, 1.82) is 0 Å². The van der Waals surface area contributed by atoms with Gasteiger partial charge in [0.25, 0.3) is 0 Å². The molecule has 1 amide bonds. The summed E-state index contributed by atoms with van der Waals surface area (Å²) in [5, 5.41) is 0. The molecule has 0 bridgehead atoms. The van der Waals surface area contributed by atoms with Gasteiger partial charge in [-0.3, -0.25) is 9.69 Å². The van der Waals surface area contributed by atoms with Gasteiger partial charge in [0.15, 0.2) is 0 Å². The monoisotopic (exact) mass is 256 g/mol. The van der Waals surface area contributed by atoms with E-state index in [0.29, 0.717) is 12.0 Å². The molecule has 0 radical (unpaired) electrons. The van der Waals surface area contributed by atoms with Crippen LogP contribution in [0.1, 0.15) is 33.6 Å². The Morgan fingerprint density at radius 2 is 2.06 bits per heavy atom. The molecule has 1 rings (SSSR count). The lowest BCUT2D eigenvalue weighted by Gasteiger charge is -2.25. The molecule has 4 nitrogen and oxygen atoms in total. The fraction of sp³-hybridized carbons (Fsp3) is 0.929. The molecule has 4 heteroatoms. The maximum absolute atomic E-state index is 11.9. The van der Waals surface area contributed by atoms with E-state index in [4.69, 9.17) is 4.74 Å². The molecule has 0 N–H and O–H groups in total. The summed E-state index contributed by atoms with van der Waals surface area (Å²) in [4.78, 5) is 15.8. The Morgan fingerprint density at radius 1 is 1.39 bits per heavy atom. The van der Waals surface area contributed by atoms with Crippen molar-refractivity contribution >= 4 is 5.91 Å². The number of ether oxygens (including phenoxy) is 1. The topological polar surface area (TPSA) is 32.8 Å². The first-order chi connectivity index (χ1) is 8.41. The minimum Gasteiger partial charge on any atom is -0.377 e. The van der Waals surface area contributed by atoms with Crippen molar-refractivity contribution in [3.63, 3.8) is 0 Å². The van der Waals surface area contributed by atoms with Gasteiger partial charge in [0, 0.05) is 33.8 Å². The van der Waals surface area contributed by atoms with Crippen LogP contribution in [-0.4, -0.2) is 61.6 Å². The summed E-state index contributed by atoms with van der Waals surface area (Å²) in [6.45, 7) is 9.10. The third-order valence-corrected chi connectivity index (χ3v) is 3.57. The lowest BCUT2D eigenvalue weighted by molar-refractivity contribution is -0.133. The molecule has 0 aromatic carbocycles. The molecule has 2 atom stereocenters. The molecular weight excluding hydrogens is 228 g/mol. The van der Waals surface area contributed by atoms with Gasteiger partial charge in [-0.15, -0.1) is 0 Å². The van der Waals surface area contributed by atoms with Gasteiger partial charge in [-0.2, -0.15) is 0 Å². The number of likely N-dealkylation sites (tertiary alicyclic amines) is 1. The van der Waals surface area contributed by atoms with Crippen LogP contribution in [0.4, 0.5) is 0 Å². The molecule has 0 aromatic heterocycles. The largest absolute Gasteiger partial charge is 0.377 e. The molecule has 0 unspecified atom stereocenters. The fourth-order valence-electron chi connectivity index (χ4n) is 2.24. The summed E-state index contributed by atoms with van der Waals surface area (Å²) < 4.78 is 5.87. The second-order valence-electron chi connectivity index (χ2n) is 5.87. The summed E-state index contributed by atoms with van der Waals surface area (Å²) in [6, 6.07) is -0.0290. The molecule has 1 fully saturated rings. The van der Waals surface area contributed by atoms with Crippen molar-refractivity contribution in [2.75, 3.05) is 33.8 Å². The van der Waals surface area contributed by atoms with E-state index >= 15 is 0 Å². The standard InChI is InChI=1S/C14H28N2O2/c1-11(2)7-9-18-13-6-8-16(10-13)12(3)14(17)15(4)5/h11-13H,6-10H2,1-5H3/t12-,13-/m0/s1. The number of nitrogens with zero attached hydrogens (tertiary/aromatic N) is 2. The number of carbonyl (C=O) groups excluding carboxylic acids is 1. The second kappa shape index (κ2) is 7.10. The minimum atomic E-state index is -0.0290. The number of likely N-dealkylation sites (N-methyl/N-ethyl adjacent to an activating group) is 1. The Labute approximate surface area is 111 Å². The summed E-state index contributed by atoms with van der Waals surface area (Å²) in [5.41, 5.74) is 0. The van der Waals surface area contributed by atoms with E-state index in [1.807, 2.05) is 21.0 Å². The highest BCUT2D eigenvalue weighted by molar-refractivity contribution is 5.80. The fourth-order valence-corrected chi connectivity index (χ4v) is 2.24. The first-order valence-corrected chi connectivity index (χ1v) is 6.98. The van der Waals surface area contributed by atoms with E-state index in [1.54, 1.807) is 4.90 Å². The molecular formula is C14H28N2O2. The molecule has 0 spiro atoms. The first-order valence-electron chi connectivity index (χ1n) is 6.98. The zero-order valence-electron chi connectivity index (χ0n) is 12.5. The van der Waals surface area contributed by atoms with Gasteiger partial charge in [-0.25, -0.2) is 0 Å². The van der Waals surface area contributed by atoms with Crippen LogP contribution in [0.15, 0.2) is 0 Å². The van der Waals surface area contributed by atoms with Gasteiger partial charge < -0.3 is 9.64 Å². The van der Waals surface area contributed by atoms with Crippen LogP contribution in [0, 0.1) is 5.92 Å². The molecule has 1 saturated heterocycles. The average Bonchev–Trinajstić information content (AvgIpc) is 2.75. The predicted octanol–water partition coefficient (Wildman–Crippen LogP) is 1.60. The predicted molar refractivity (Wildman–Crippen MR) is 73.5 cm³/mol. The highest BCUT2D eigenvalue weighted by atomic mass is 16.5. The van der Waals surface area contributed by atoms with E-state index in [-0.39, 0.29) is 11.9 Å². The molecule has 106 valence electrons. The summed E-state index contributed by atoms with van der Waals surface area (Å²) in [6.07, 6.45) is 2.47. The quantitative estimate of drug-likeness (QED) is 0.723. The summed E-state index contributed by atoms with van der Waals surface area (Å²) in [7, 11) is 3.62. The first kappa shape index (κ1) is 15.4. The maximum Gasteiger partial charge on any atom is 0.239 e. The highest BCUT2D eigenvalue weighted by Gasteiger charge is 2.30. The van der Waals surface area contributed by atoms with Crippen LogP contribution in [0.2, 0.25) is 0 Å². The zero-order chi connectivity index (χ0) is 13.7. The van der Waals surface area contributed by atoms with Crippen molar-refractivity contribution in [3.05, 3.63) is 0 Å². The average molecular weight is 256 g/mol. The van der Waals surface area contributed by atoms with E-state index in [1.165, 1.54) is 0 Å². The van der Waals surface area contributed by atoms with E-state index < -0.39 is 0 Å². The van der Waals surface area contributed by atoms with Gasteiger partial charge in [0.1, 0.15) is 0 Å². The Kier molecular flexibility index (Phi) is 6.09. The van der Waals surface area contributed by atoms with Crippen LogP contribution in [-0.2, 0) is 9.53 Å². The zero-order valence-corrected chi connectivity index (χ0v) is 12.5. The summed E-state index contributed by atoms with van der Waals surface area (Å²) in [5.74, 6) is 0.870. The molecule has 18 heavy (non-hydrogen) atoms. The number of rotatable bonds is 6. The number of amides is 1. The number of carbonyl (C=O) groups is 1. The second-order valence-corrected chi connectivity index (χ2v) is 5.87. The van der Waals surface area contributed by atoms with Crippen LogP contribution in [0.3, 0.4) is 0 Å². The maximum atomic E-state index is 11.9. The van der Waals surface area contributed by atoms with Crippen LogP contribution < -0.4 is 0 Å². The van der Waals surface area contributed by atoms with Crippen LogP contribution in [0.5, 0.6) is 0 Å². The molecule has 0 aromatic rings. The molecule has 1 aliphatic rings. The van der Waals surface area contributed by atoms with E-state index in [2.05, 4.69) is 18.7 Å². The lowest BCUT2D eigenvalue weighted by atomic mass is 10.1. The Hall–Kier alpha value is -0.610. The normalized spacial score (nSPS) is 22.4. The van der Waals surface area contributed by atoms with Crippen molar-refractivity contribution in [2.24, 2.45) is 5.92 Å². The van der Waals surface area contributed by atoms with Crippen molar-refractivity contribution < 1.29 is 9.53 Å². The molecule has 1 heterocycles. The van der Waals surface area contributed by atoms with Crippen molar-refractivity contribution in [2.45, 2.75) is 45.8 Å². The van der Waals surface area contributed by atoms with Crippen LogP contribution in [0.25, 0.3) is 0 Å². The Bertz CT molecular complexity index is 267. The van der Waals surface area contributed by atoms with E-state index in [9.17, 15) is 4.79 Å². The van der Waals surface area contributed by atoms with Gasteiger partial charge in [-0.1, -0.05) is 13.8 Å². The minimum absolute atomic E-state index is 0.0290. The third-order valence-electron chi connectivity index (χ3n) is 3.57.